The highest BCUT2D eigenvalue weighted by Crippen LogP contribution is 2.46. The second-order valence-corrected chi connectivity index (χ2v) is 5.47. The lowest BCUT2D eigenvalue weighted by atomic mass is 9.83. The molecule has 0 bridgehead atoms. The molecule has 0 aromatic carbocycles. The van der Waals surface area contributed by atoms with Crippen molar-refractivity contribution in [2.45, 2.75) is 25.5 Å². The Bertz CT molecular complexity index is 579. The summed E-state index contributed by atoms with van der Waals surface area (Å²) in [6.45, 7) is 1.56. The number of carbonyl (C=O) groups excluding carboxylic acids is 1. The van der Waals surface area contributed by atoms with Crippen molar-refractivity contribution in [1.82, 2.24) is 9.88 Å². The van der Waals surface area contributed by atoms with Crippen molar-refractivity contribution in [3.05, 3.63) is 22.3 Å². The SMILES string of the molecule is C[C@@H](O)[C@H]1C(=O)N2C(C(=O)O)=C(c3cscn3)C[C@H]12. The van der Waals surface area contributed by atoms with Gasteiger partial charge in [-0.25, -0.2) is 9.78 Å². The monoisotopic (exact) mass is 280 g/mol. The number of aromatic nitrogens is 1. The van der Waals surface area contributed by atoms with Crippen LogP contribution in [0.1, 0.15) is 19.0 Å². The Hall–Kier alpha value is -1.73. The maximum absolute atomic E-state index is 12.0. The third-order valence-corrected chi connectivity index (χ3v) is 4.26. The Balaban J connectivity index is 2.01. The van der Waals surface area contributed by atoms with Gasteiger partial charge in [-0.1, -0.05) is 0 Å². The third kappa shape index (κ3) is 1.62. The van der Waals surface area contributed by atoms with E-state index >= 15 is 0 Å². The maximum Gasteiger partial charge on any atom is 0.352 e. The molecule has 2 N–H and O–H groups in total. The average Bonchev–Trinajstić information content (AvgIpc) is 2.92. The van der Waals surface area contributed by atoms with E-state index in [0.29, 0.717) is 17.7 Å². The number of carboxylic acids is 1. The summed E-state index contributed by atoms with van der Waals surface area (Å²) in [5, 5.41) is 20.7. The van der Waals surface area contributed by atoms with Crippen molar-refractivity contribution in [2.75, 3.05) is 0 Å². The number of rotatable bonds is 3. The van der Waals surface area contributed by atoms with Gasteiger partial charge in [-0.15, -0.1) is 11.3 Å². The largest absolute Gasteiger partial charge is 0.477 e. The molecule has 1 saturated heterocycles. The van der Waals surface area contributed by atoms with Crippen molar-refractivity contribution in [3.8, 4) is 0 Å². The van der Waals surface area contributed by atoms with E-state index in [1.807, 2.05) is 0 Å². The summed E-state index contributed by atoms with van der Waals surface area (Å²) < 4.78 is 0. The van der Waals surface area contributed by atoms with Crippen molar-refractivity contribution < 1.29 is 19.8 Å². The number of thiazole rings is 1. The number of β-lactam (4-membered cyclic amide) rings is 1. The number of aliphatic hydroxyl groups excluding tert-OH is 1. The Morgan fingerprint density at radius 3 is 2.89 bits per heavy atom. The minimum absolute atomic E-state index is 0.0119. The van der Waals surface area contributed by atoms with Gasteiger partial charge in [0.2, 0.25) is 5.91 Å². The molecule has 0 spiro atoms. The molecule has 3 heterocycles. The van der Waals surface area contributed by atoms with Crippen LogP contribution in [0.3, 0.4) is 0 Å². The number of aliphatic hydroxyl groups is 1. The number of carboxylic acid groups (broad SMARTS) is 1. The van der Waals surface area contributed by atoms with Crippen molar-refractivity contribution in [1.29, 1.82) is 0 Å². The molecule has 0 saturated carbocycles. The van der Waals surface area contributed by atoms with E-state index in [9.17, 15) is 19.8 Å². The van der Waals surface area contributed by atoms with Crippen LogP contribution < -0.4 is 0 Å². The summed E-state index contributed by atoms with van der Waals surface area (Å²) in [5.74, 6) is -1.95. The van der Waals surface area contributed by atoms with Gasteiger partial charge in [0.1, 0.15) is 5.70 Å². The van der Waals surface area contributed by atoms with E-state index in [1.54, 1.807) is 17.8 Å². The number of aliphatic carboxylic acids is 1. The lowest BCUT2D eigenvalue weighted by Gasteiger charge is -2.44. The molecule has 1 aromatic rings. The molecule has 1 aromatic heterocycles. The van der Waals surface area contributed by atoms with Gasteiger partial charge in [-0.2, -0.15) is 0 Å². The molecule has 3 rings (SSSR count). The van der Waals surface area contributed by atoms with Crippen LogP contribution in [-0.4, -0.2) is 44.1 Å². The zero-order valence-corrected chi connectivity index (χ0v) is 10.9. The van der Waals surface area contributed by atoms with E-state index in [0.717, 1.165) is 0 Å². The normalized spacial score (nSPS) is 27.3. The first-order valence-corrected chi connectivity index (χ1v) is 6.82. The standard InChI is InChI=1S/C12H12N2O4S/c1-5(15)9-8-2-6(7-3-19-4-13-7)10(12(17)18)14(8)11(9)16/h3-5,8-9,15H,2H2,1H3,(H,17,18)/t5-,8-,9-/m1/s1. The fourth-order valence-electron chi connectivity index (χ4n) is 2.86. The van der Waals surface area contributed by atoms with E-state index < -0.39 is 18.0 Å². The Morgan fingerprint density at radius 1 is 1.63 bits per heavy atom. The van der Waals surface area contributed by atoms with Crippen molar-refractivity contribution in [3.63, 3.8) is 0 Å². The first-order chi connectivity index (χ1) is 9.02. The molecule has 3 atom stereocenters. The van der Waals surface area contributed by atoms with E-state index in [-0.39, 0.29) is 17.6 Å². The molecular weight excluding hydrogens is 268 g/mol. The van der Waals surface area contributed by atoms with Gasteiger partial charge in [0, 0.05) is 11.0 Å². The van der Waals surface area contributed by atoms with Crippen LogP contribution in [0.2, 0.25) is 0 Å². The second kappa shape index (κ2) is 4.14. The smallest absolute Gasteiger partial charge is 0.352 e. The number of fused-ring (bicyclic) bond motifs is 1. The molecule has 1 fully saturated rings. The zero-order chi connectivity index (χ0) is 13.7. The molecule has 1 amide bonds. The fraction of sp³-hybridized carbons (Fsp3) is 0.417. The van der Waals surface area contributed by atoms with E-state index in [1.165, 1.54) is 16.2 Å². The number of carbonyl (C=O) groups is 2. The number of nitrogens with zero attached hydrogens (tertiary/aromatic N) is 2. The highest BCUT2D eigenvalue weighted by molar-refractivity contribution is 7.07. The summed E-state index contributed by atoms with van der Waals surface area (Å²) in [7, 11) is 0. The first-order valence-electron chi connectivity index (χ1n) is 5.88. The van der Waals surface area contributed by atoms with Crippen LogP contribution in [0, 0.1) is 5.92 Å². The lowest BCUT2D eigenvalue weighted by Crippen LogP contribution is -2.61. The highest BCUT2D eigenvalue weighted by Gasteiger charge is 2.56. The minimum Gasteiger partial charge on any atom is -0.477 e. The quantitative estimate of drug-likeness (QED) is 0.789. The van der Waals surface area contributed by atoms with Gasteiger partial charge in [0.15, 0.2) is 0 Å². The van der Waals surface area contributed by atoms with Crippen LogP contribution in [-0.2, 0) is 9.59 Å². The highest BCUT2D eigenvalue weighted by atomic mass is 32.1. The van der Waals surface area contributed by atoms with Gasteiger partial charge >= 0.3 is 5.97 Å². The molecule has 7 heteroatoms. The average molecular weight is 280 g/mol. The summed E-state index contributed by atoms with van der Waals surface area (Å²) in [5.41, 5.74) is 2.83. The van der Waals surface area contributed by atoms with Crippen LogP contribution in [0.4, 0.5) is 0 Å². The molecule has 0 radical (unpaired) electrons. The molecule has 0 aliphatic carbocycles. The van der Waals surface area contributed by atoms with Crippen LogP contribution in [0.15, 0.2) is 16.6 Å². The van der Waals surface area contributed by atoms with Crippen LogP contribution in [0.25, 0.3) is 5.57 Å². The summed E-state index contributed by atoms with van der Waals surface area (Å²) >= 11 is 1.38. The van der Waals surface area contributed by atoms with Gasteiger partial charge < -0.3 is 15.1 Å². The Labute approximate surface area is 113 Å². The number of hydrogen-bond donors (Lipinski definition) is 2. The van der Waals surface area contributed by atoms with Gasteiger partial charge in [-0.05, 0) is 13.3 Å². The predicted octanol–water partition coefficient (Wildman–Crippen LogP) is 0.550. The first kappa shape index (κ1) is 12.3. The fourth-order valence-corrected chi connectivity index (χ4v) is 3.43. The lowest BCUT2D eigenvalue weighted by molar-refractivity contribution is -0.161. The van der Waals surface area contributed by atoms with Gasteiger partial charge in [0.25, 0.3) is 0 Å². The second-order valence-electron chi connectivity index (χ2n) is 4.75. The Morgan fingerprint density at radius 2 is 2.37 bits per heavy atom. The third-order valence-electron chi connectivity index (χ3n) is 3.67. The van der Waals surface area contributed by atoms with Crippen LogP contribution in [0.5, 0.6) is 0 Å². The molecule has 2 aliphatic heterocycles. The Kier molecular flexibility index (Phi) is 2.68. The number of amides is 1. The molecule has 100 valence electrons. The molecule has 19 heavy (non-hydrogen) atoms. The van der Waals surface area contributed by atoms with Crippen molar-refractivity contribution >= 4 is 28.8 Å². The summed E-state index contributed by atoms with van der Waals surface area (Å²) in [6, 6.07) is -0.254. The topological polar surface area (TPSA) is 90.7 Å². The van der Waals surface area contributed by atoms with Gasteiger partial charge in [-0.3, -0.25) is 4.79 Å². The molecule has 6 nitrogen and oxygen atoms in total. The molecule has 0 unspecified atom stereocenters. The van der Waals surface area contributed by atoms with E-state index in [2.05, 4.69) is 4.98 Å². The predicted molar refractivity (Wildman–Crippen MR) is 67.1 cm³/mol. The number of hydrogen-bond acceptors (Lipinski definition) is 5. The molecule has 2 aliphatic rings. The van der Waals surface area contributed by atoms with Crippen LogP contribution >= 0.6 is 11.3 Å². The minimum atomic E-state index is -1.12. The van der Waals surface area contributed by atoms with Crippen molar-refractivity contribution in [2.24, 2.45) is 5.92 Å². The maximum atomic E-state index is 12.0. The summed E-state index contributed by atoms with van der Waals surface area (Å²) in [6.07, 6.45) is -0.328. The zero-order valence-electron chi connectivity index (χ0n) is 10.1. The molecular formula is C12H12N2O4S. The summed E-state index contributed by atoms with van der Waals surface area (Å²) in [4.78, 5) is 28.8. The van der Waals surface area contributed by atoms with E-state index in [4.69, 9.17) is 0 Å². The van der Waals surface area contributed by atoms with Gasteiger partial charge in [0.05, 0.1) is 29.3 Å².